The Hall–Kier alpha value is -3.49. The van der Waals surface area contributed by atoms with Crippen LogP contribution in [0.2, 0.25) is 0 Å². The Morgan fingerprint density at radius 1 is 1.04 bits per heavy atom. The van der Waals surface area contributed by atoms with Gasteiger partial charge < -0.3 is 11.1 Å². The number of aryl methyl sites for hydroxylation is 1. The summed E-state index contributed by atoms with van der Waals surface area (Å²) in [5.41, 5.74) is 5.94. The Morgan fingerprint density at radius 3 is 2.13 bits per heavy atom. The van der Waals surface area contributed by atoms with Gasteiger partial charge in [-0.1, -0.05) is 6.07 Å². The Morgan fingerprint density at radius 2 is 1.61 bits per heavy atom. The van der Waals surface area contributed by atoms with Crippen molar-refractivity contribution >= 4 is 28.7 Å². The second-order valence-electron chi connectivity index (χ2n) is 4.80. The monoisotopic (exact) mass is 316 g/mol. The molecule has 9 heteroatoms. The lowest BCUT2D eigenvalue weighted by Crippen LogP contribution is -2.14. The molecule has 0 spiro atoms. The maximum atomic E-state index is 12.2. The number of nitrogens with one attached hydrogen (secondary N) is 1. The topological polar surface area (TPSA) is 141 Å². The van der Waals surface area contributed by atoms with Gasteiger partial charge in [-0.15, -0.1) is 0 Å². The summed E-state index contributed by atoms with van der Waals surface area (Å²) in [6.07, 6.45) is 0. The zero-order chi connectivity index (χ0) is 17.1. The van der Waals surface area contributed by atoms with Crippen LogP contribution in [0.3, 0.4) is 0 Å². The van der Waals surface area contributed by atoms with Crippen LogP contribution in [0.4, 0.5) is 22.7 Å². The lowest BCUT2D eigenvalue weighted by Gasteiger charge is -2.09. The van der Waals surface area contributed by atoms with Crippen LogP contribution < -0.4 is 11.1 Å². The molecule has 23 heavy (non-hydrogen) atoms. The third-order valence-electron chi connectivity index (χ3n) is 3.04. The van der Waals surface area contributed by atoms with E-state index in [1.165, 1.54) is 0 Å². The fourth-order valence-electron chi connectivity index (χ4n) is 1.91. The number of carbonyl (C=O) groups excluding carboxylic acids is 1. The Balaban J connectivity index is 2.40. The van der Waals surface area contributed by atoms with E-state index in [9.17, 15) is 25.0 Å². The maximum absolute atomic E-state index is 12.2. The van der Waals surface area contributed by atoms with Gasteiger partial charge in [0.1, 0.15) is 0 Å². The van der Waals surface area contributed by atoms with Gasteiger partial charge in [0.15, 0.2) is 0 Å². The predicted molar refractivity (Wildman–Crippen MR) is 83.3 cm³/mol. The average molecular weight is 316 g/mol. The fraction of sp³-hybridized carbons (Fsp3) is 0.0714. The van der Waals surface area contributed by atoms with Crippen molar-refractivity contribution in [2.45, 2.75) is 6.92 Å². The zero-order valence-electron chi connectivity index (χ0n) is 12.0. The molecular weight excluding hydrogens is 304 g/mol. The normalized spacial score (nSPS) is 10.1. The van der Waals surface area contributed by atoms with Gasteiger partial charge in [-0.3, -0.25) is 25.0 Å². The fourth-order valence-corrected chi connectivity index (χ4v) is 1.91. The van der Waals surface area contributed by atoms with E-state index in [-0.39, 0.29) is 5.56 Å². The quantitative estimate of drug-likeness (QED) is 0.504. The molecule has 0 aliphatic heterocycles. The molecule has 0 unspecified atom stereocenters. The van der Waals surface area contributed by atoms with Crippen molar-refractivity contribution < 1.29 is 14.6 Å². The molecule has 0 bridgehead atoms. The molecule has 2 rings (SSSR count). The molecule has 0 saturated heterocycles. The largest absolute Gasteiger partial charge is 0.397 e. The highest BCUT2D eigenvalue weighted by atomic mass is 16.6. The van der Waals surface area contributed by atoms with Crippen LogP contribution in [0.5, 0.6) is 0 Å². The summed E-state index contributed by atoms with van der Waals surface area (Å²) in [5.74, 6) is -0.728. The van der Waals surface area contributed by atoms with Gasteiger partial charge in [0, 0.05) is 12.1 Å². The second kappa shape index (κ2) is 6.10. The van der Waals surface area contributed by atoms with E-state index in [0.29, 0.717) is 11.4 Å². The minimum atomic E-state index is -0.801. The number of nitro groups is 2. The number of amides is 1. The molecule has 118 valence electrons. The summed E-state index contributed by atoms with van der Waals surface area (Å²) in [6, 6.07) is 7.70. The van der Waals surface area contributed by atoms with E-state index in [2.05, 4.69) is 5.32 Å². The predicted octanol–water partition coefficient (Wildman–Crippen LogP) is 2.65. The maximum Gasteiger partial charge on any atom is 0.277 e. The van der Waals surface area contributed by atoms with Crippen LogP contribution in [0, 0.1) is 27.2 Å². The molecule has 0 atom stereocenters. The lowest BCUT2D eigenvalue weighted by molar-refractivity contribution is -0.394. The average Bonchev–Trinajstić information content (AvgIpc) is 2.50. The second-order valence-corrected chi connectivity index (χ2v) is 4.80. The van der Waals surface area contributed by atoms with Crippen LogP contribution in [-0.2, 0) is 0 Å². The molecule has 0 aromatic heterocycles. The van der Waals surface area contributed by atoms with Crippen molar-refractivity contribution in [3.05, 3.63) is 67.8 Å². The highest BCUT2D eigenvalue weighted by molar-refractivity contribution is 6.06. The highest BCUT2D eigenvalue weighted by Crippen LogP contribution is 2.25. The number of rotatable bonds is 4. The first-order valence-electron chi connectivity index (χ1n) is 6.39. The van der Waals surface area contributed by atoms with Crippen molar-refractivity contribution in [1.29, 1.82) is 0 Å². The number of nitrogens with zero attached hydrogens (tertiary/aromatic N) is 2. The van der Waals surface area contributed by atoms with Crippen molar-refractivity contribution in [3.8, 4) is 0 Å². The van der Waals surface area contributed by atoms with Gasteiger partial charge in [-0.05, 0) is 24.6 Å². The number of nitrogens with two attached hydrogens (primary N) is 1. The van der Waals surface area contributed by atoms with E-state index < -0.39 is 27.1 Å². The minimum absolute atomic E-state index is 0.202. The SMILES string of the molecule is Cc1ccc(N)c(NC(=O)c2cc([N+](=O)[O-])cc([N+](=O)[O-])c2)c1. The third kappa shape index (κ3) is 3.59. The van der Waals surface area contributed by atoms with Crippen LogP contribution in [0.25, 0.3) is 0 Å². The van der Waals surface area contributed by atoms with E-state index >= 15 is 0 Å². The molecule has 0 aliphatic carbocycles. The smallest absolute Gasteiger partial charge is 0.277 e. The summed E-state index contributed by atoms with van der Waals surface area (Å²) in [4.78, 5) is 32.3. The van der Waals surface area contributed by atoms with Crippen LogP contribution in [-0.4, -0.2) is 15.8 Å². The summed E-state index contributed by atoms with van der Waals surface area (Å²) >= 11 is 0. The van der Waals surface area contributed by atoms with Gasteiger partial charge in [-0.25, -0.2) is 0 Å². The molecule has 0 saturated carbocycles. The number of carbonyl (C=O) groups is 1. The van der Waals surface area contributed by atoms with Crippen LogP contribution in [0.1, 0.15) is 15.9 Å². The Bertz CT molecular complexity index is 787. The number of nitrogen functional groups attached to an aromatic ring is 1. The van der Waals surface area contributed by atoms with Crippen LogP contribution in [0.15, 0.2) is 36.4 Å². The van der Waals surface area contributed by atoms with Crippen molar-refractivity contribution in [3.63, 3.8) is 0 Å². The number of hydrogen-bond acceptors (Lipinski definition) is 6. The van der Waals surface area contributed by atoms with E-state index in [4.69, 9.17) is 5.73 Å². The first-order valence-corrected chi connectivity index (χ1v) is 6.39. The number of benzene rings is 2. The van der Waals surface area contributed by atoms with E-state index in [1.54, 1.807) is 25.1 Å². The summed E-state index contributed by atoms with van der Waals surface area (Å²) in [7, 11) is 0. The van der Waals surface area contributed by atoms with E-state index in [0.717, 1.165) is 23.8 Å². The molecule has 0 aliphatic rings. The molecular formula is C14H12N4O5. The molecule has 0 radical (unpaired) electrons. The van der Waals surface area contributed by atoms with Gasteiger partial charge in [0.05, 0.1) is 32.9 Å². The van der Waals surface area contributed by atoms with Crippen LogP contribution >= 0.6 is 0 Å². The number of hydrogen-bond donors (Lipinski definition) is 2. The summed E-state index contributed by atoms with van der Waals surface area (Å²) in [5, 5.41) is 24.2. The highest BCUT2D eigenvalue weighted by Gasteiger charge is 2.20. The van der Waals surface area contributed by atoms with Crippen molar-refractivity contribution in [1.82, 2.24) is 0 Å². The Kier molecular flexibility index (Phi) is 4.21. The first-order chi connectivity index (χ1) is 10.8. The van der Waals surface area contributed by atoms with Crippen molar-refractivity contribution in [2.75, 3.05) is 11.1 Å². The molecule has 0 heterocycles. The van der Waals surface area contributed by atoms with Gasteiger partial charge in [-0.2, -0.15) is 0 Å². The summed E-state index contributed by atoms with van der Waals surface area (Å²) < 4.78 is 0. The first kappa shape index (κ1) is 15.9. The molecule has 2 aromatic rings. The molecule has 0 fully saturated rings. The zero-order valence-corrected chi connectivity index (χ0v) is 12.0. The number of anilines is 2. The van der Waals surface area contributed by atoms with Gasteiger partial charge in [0.25, 0.3) is 17.3 Å². The lowest BCUT2D eigenvalue weighted by atomic mass is 10.1. The van der Waals surface area contributed by atoms with E-state index in [1.807, 2.05) is 0 Å². The summed E-state index contributed by atoms with van der Waals surface area (Å²) in [6.45, 7) is 1.80. The number of non-ortho nitro benzene ring substituents is 2. The Labute approximate surface area is 130 Å². The minimum Gasteiger partial charge on any atom is -0.397 e. The number of nitro benzene ring substituents is 2. The molecule has 2 aromatic carbocycles. The van der Waals surface area contributed by atoms with Gasteiger partial charge >= 0.3 is 0 Å². The van der Waals surface area contributed by atoms with Crippen molar-refractivity contribution in [2.24, 2.45) is 0 Å². The molecule has 3 N–H and O–H groups in total. The van der Waals surface area contributed by atoms with Gasteiger partial charge in [0.2, 0.25) is 0 Å². The standard InChI is InChI=1S/C14H12N4O5/c1-8-2-3-12(15)13(4-8)16-14(19)9-5-10(17(20)21)7-11(6-9)18(22)23/h2-7H,15H2,1H3,(H,16,19). The molecule has 9 nitrogen and oxygen atoms in total. The molecule has 1 amide bonds. The third-order valence-corrected chi connectivity index (χ3v) is 3.04.